The Morgan fingerprint density at radius 1 is 1.24 bits per heavy atom. The van der Waals surface area contributed by atoms with Crippen molar-refractivity contribution < 1.29 is 9.47 Å². The van der Waals surface area contributed by atoms with Gasteiger partial charge >= 0.3 is 0 Å². The van der Waals surface area contributed by atoms with Gasteiger partial charge in [-0.1, -0.05) is 6.07 Å². The Bertz CT molecular complexity index is 484. The fourth-order valence-electron chi connectivity index (χ4n) is 1.57. The van der Waals surface area contributed by atoms with Crippen LogP contribution in [-0.4, -0.2) is 29.4 Å². The molecule has 0 amide bonds. The molecule has 3 N–H and O–H groups in total. The lowest BCUT2D eigenvalue weighted by atomic mass is 10.1. The SMILES string of the molecule is COc1ccc([C@H](N)c2ncn[nH]2)cc1OC. The van der Waals surface area contributed by atoms with Crippen molar-refractivity contribution in [1.29, 1.82) is 0 Å². The third kappa shape index (κ3) is 2.21. The van der Waals surface area contributed by atoms with E-state index in [1.807, 2.05) is 18.2 Å². The van der Waals surface area contributed by atoms with Gasteiger partial charge in [-0.05, 0) is 17.7 Å². The molecular formula is C11H14N4O2. The number of aromatic nitrogens is 3. The molecule has 0 aliphatic heterocycles. The van der Waals surface area contributed by atoms with Crippen molar-refractivity contribution in [1.82, 2.24) is 15.2 Å². The summed E-state index contributed by atoms with van der Waals surface area (Å²) < 4.78 is 10.4. The monoisotopic (exact) mass is 234 g/mol. The first-order valence-electron chi connectivity index (χ1n) is 5.09. The summed E-state index contributed by atoms with van der Waals surface area (Å²) in [5, 5.41) is 6.52. The molecule has 0 aliphatic rings. The minimum atomic E-state index is -0.364. The van der Waals surface area contributed by atoms with Crippen LogP contribution in [0.1, 0.15) is 17.4 Å². The number of nitrogens with two attached hydrogens (primary N) is 1. The van der Waals surface area contributed by atoms with Crippen molar-refractivity contribution >= 4 is 0 Å². The van der Waals surface area contributed by atoms with E-state index < -0.39 is 0 Å². The fraction of sp³-hybridized carbons (Fsp3) is 0.273. The number of benzene rings is 1. The van der Waals surface area contributed by atoms with Gasteiger partial charge in [-0.3, -0.25) is 5.10 Å². The van der Waals surface area contributed by atoms with Gasteiger partial charge in [-0.2, -0.15) is 5.10 Å². The van der Waals surface area contributed by atoms with Crippen molar-refractivity contribution in [2.75, 3.05) is 14.2 Å². The van der Waals surface area contributed by atoms with Crippen LogP contribution in [-0.2, 0) is 0 Å². The number of hydrogen-bond acceptors (Lipinski definition) is 5. The second kappa shape index (κ2) is 4.84. The number of nitrogens with zero attached hydrogens (tertiary/aromatic N) is 2. The zero-order chi connectivity index (χ0) is 12.3. The number of methoxy groups -OCH3 is 2. The summed E-state index contributed by atoms with van der Waals surface area (Å²) in [4.78, 5) is 4.03. The lowest BCUT2D eigenvalue weighted by Crippen LogP contribution is -2.13. The molecule has 2 aromatic rings. The van der Waals surface area contributed by atoms with Crippen LogP contribution in [0.15, 0.2) is 24.5 Å². The Morgan fingerprint density at radius 3 is 2.59 bits per heavy atom. The highest BCUT2D eigenvalue weighted by atomic mass is 16.5. The predicted molar refractivity (Wildman–Crippen MR) is 62.0 cm³/mol. The van der Waals surface area contributed by atoms with Gasteiger partial charge in [-0.25, -0.2) is 4.98 Å². The minimum Gasteiger partial charge on any atom is -0.493 e. The van der Waals surface area contributed by atoms with Crippen LogP contribution in [0.4, 0.5) is 0 Å². The third-order valence-electron chi connectivity index (χ3n) is 2.49. The van der Waals surface area contributed by atoms with Crippen molar-refractivity contribution in [3.8, 4) is 11.5 Å². The molecule has 0 saturated heterocycles. The van der Waals surface area contributed by atoms with Gasteiger partial charge in [0.1, 0.15) is 12.2 Å². The molecule has 1 atom stereocenters. The van der Waals surface area contributed by atoms with Gasteiger partial charge in [0, 0.05) is 0 Å². The van der Waals surface area contributed by atoms with Crippen molar-refractivity contribution in [3.05, 3.63) is 35.9 Å². The van der Waals surface area contributed by atoms with Gasteiger partial charge in [0.15, 0.2) is 11.5 Å². The van der Waals surface area contributed by atoms with Crippen LogP contribution < -0.4 is 15.2 Å². The summed E-state index contributed by atoms with van der Waals surface area (Å²) in [5.74, 6) is 1.92. The Hall–Kier alpha value is -2.08. The van der Waals surface area contributed by atoms with Gasteiger partial charge in [0.05, 0.1) is 20.3 Å². The van der Waals surface area contributed by atoms with Crippen molar-refractivity contribution in [3.63, 3.8) is 0 Å². The standard InChI is InChI=1S/C11H14N4O2/c1-16-8-4-3-7(5-9(8)17-2)10(12)11-13-6-14-15-11/h3-6,10H,12H2,1-2H3,(H,13,14,15)/t10-/m0/s1. The first kappa shape index (κ1) is 11.4. The normalized spacial score (nSPS) is 12.2. The Morgan fingerprint density at radius 2 is 2.00 bits per heavy atom. The van der Waals surface area contributed by atoms with Crippen molar-refractivity contribution in [2.45, 2.75) is 6.04 Å². The number of H-pyrrole nitrogens is 1. The van der Waals surface area contributed by atoms with Gasteiger partial charge < -0.3 is 15.2 Å². The molecule has 0 bridgehead atoms. The fourth-order valence-corrected chi connectivity index (χ4v) is 1.57. The average Bonchev–Trinajstić information content (AvgIpc) is 2.90. The summed E-state index contributed by atoms with van der Waals surface area (Å²) in [6.45, 7) is 0. The molecule has 90 valence electrons. The van der Waals surface area contributed by atoms with Crippen LogP contribution >= 0.6 is 0 Å². The first-order chi connectivity index (χ1) is 8.26. The van der Waals surface area contributed by atoms with Crippen LogP contribution in [0.25, 0.3) is 0 Å². The number of aromatic amines is 1. The Balaban J connectivity index is 2.33. The van der Waals surface area contributed by atoms with E-state index >= 15 is 0 Å². The second-order valence-electron chi connectivity index (χ2n) is 3.46. The third-order valence-corrected chi connectivity index (χ3v) is 2.49. The van der Waals surface area contributed by atoms with Crippen molar-refractivity contribution in [2.24, 2.45) is 5.73 Å². The smallest absolute Gasteiger partial charge is 0.161 e. The summed E-state index contributed by atoms with van der Waals surface area (Å²) >= 11 is 0. The number of hydrogen-bond donors (Lipinski definition) is 2. The lowest BCUT2D eigenvalue weighted by Gasteiger charge is -2.12. The minimum absolute atomic E-state index is 0.364. The molecule has 0 aliphatic carbocycles. The zero-order valence-electron chi connectivity index (χ0n) is 9.68. The van der Waals surface area contributed by atoms with Crippen LogP contribution in [0.2, 0.25) is 0 Å². The van der Waals surface area contributed by atoms with Crippen LogP contribution in [0.5, 0.6) is 11.5 Å². The van der Waals surface area contributed by atoms with Crippen LogP contribution in [0, 0.1) is 0 Å². The molecule has 17 heavy (non-hydrogen) atoms. The maximum Gasteiger partial charge on any atom is 0.161 e. The number of rotatable bonds is 4. The van der Waals surface area contributed by atoms with E-state index in [1.165, 1.54) is 6.33 Å². The van der Waals surface area contributed by atoms with E-state index in [0.29, 0.717) is 17.3 Å². The van der Waals surface area contributed by atoms with Gasteiger partial charge in [0.25, 0.3) is 0 Å². The maximum absolute atomic E-state index is 6.05. The van der Waals surface area contributed by atoms with E-state index in [-0.39, 0.29) is 6.04 Å². The molecule has 6 nitrogen and oxygen atoms in total. The molecule has 1 aromatic carbocycles. The predicted octanol–water partition coefficient (Wildman–Crippen LogP) is 0.870. The number of ether oxygens (including phenoxy) is 2. The quantitative estimate of drug-likeness (QED) is 0.819. The van der Waals surface area contributed by atoms with Gasteiger partial charge in [-0.15, -0.1) is 0 Å². The molecule has 1 heterocycles. The van der Waals surface area contributed by atoms with E-state index in [0.717, 1.165) is 5.56 Å². The topological polar surface area (TPSA) is 86.0 Å². The highest BCUT2D eigenvalue weighted by molar-refractivity contribution is 5.44. The molecular weight excluding hydrogens is 220 g/mol. The molecule has 0 unspecified atom stereocenters. The molecule has 0 spiro atoms. The molecule has 1 aromatic heterocycles. The molecule has 2 rings (SSSR count). The van der Waals surface area contributed by atoms with Crippen LogP contribution in [0.3, 0.4) is 0 Å². The summed E-state index contributed by atoms with van der Waals surface area (Å²) in [5.41, 5.74) is 6.92. The Kier molecular flexibility index (Phi) is 3.24. The summed E-state index contributed by atoms with van der Waals surface area (Å²) in [6.07, 6.45) is 1.43. The zero-order valence-corrected chi connectivity index (χ0v) is 9.68. The molecule has 0 saturated carbocycles. The van der Waals surface area contributed by atoms with E-state index in [2.05, 4.69) is 15.2 Å². The average molecular weight is 234 g/mol. The summed E-state index contributed by atoms with van der Waals surface area (Å²) in [7, 11) is 3.18. The van der Waals surface area contributed by atoms with E-state index in [1.54, 1.807) is 14.2 Å². The molecule has 0 radical (unpaired) electrons. The maximum atomic E-state index is 6.05. The molecule has 6 heteroatoms. The number of nitrogens with one attached hydrogen (secondary N) is 1. The molecule has 0 fully saturated rings. The van der Waals surface area contributed by atoms with Gasteiger partial charge in [0.2, 0.25) is 0 Å². The first-order valence-corrected chi connectivity index (χ1v) is 5.09. The highest BCUT2D eigenvalue weighted by Crippen LogP contribution is 2.30. The summed E-state index contributed by atoms with van der Waals surface area (Å²) in [6, 6.07) is 5.14. The van der Waals surface area contributed by atoms with E-state index in [9.17, 15) is 0 Å². The lowest BCUT2D eigenvalue weighted by molar-refractivity contribution is 0.354. The highest BCUT2D eigenvalue weighted by Gasteiger charge is 2.14. The largest absolute Gasteiger partial charge is 0.493 e. The Labute approximate surface area is 98.8 Å². The second-order valence-corrected chi connectivity index (χ2v) is 3.46. The van der Waals surface area contributed by atoms with E-state index in [4.69, 9.17) is 15.2 Å².